The number of nitrogens with zero attached hydrogens (tertiary/aromatic N) is 1. The Morgan fingerprint density at radius 2 is 2.10 bits per heavy atom. The maximum atomic E-state index is 13.5. The van der Waals surface area contributed by atoms with Crippen molar-refractivity contribution < 1.29 is 9.13 Å². The maximum Gasteiger partial charge on any atom is 0.127 e. The summed E-state index contributed by atoms with van der Waals surface area (Å²) in [6, 6.07) is 7.05. The van der Waals surface area contributed by atoms with Gasteiger partial charge < -0.3 is 10.1 Å². The summed E-state index contributed by atoms with van der Waals surface area (Å²) in [4.78, 5) is 0. The molecule has 0 saturated heterocycles. The minimum Gasteiger partial charge on any atom is -0.493 e. The van der Waals surface area contributed by atoms with Crippen molar-refractivity contribution in [1.82, 2.24) is 5.32 Å². The molecule has 3 nitrogen and oxygen atoms in total. The topological polar surface area (TPSA) is 45.0 Å². The molecule has 0 aliphatic heterocycles. The standard InChI is InChI=1S/C17H25FN2O/c1-4-7-20-12-14-9-15(18)11-16(10-14)21-8-5-6-17(2,3)13-19/h9-11,20H,4-8,12H2,1-3H3. The molecule has 0 heterocycles. The predicted molar refractivity (Wildman–Crippen MR) is 82.5 cm³/mol. The predicted octanol–water partition coefficient (Wildman–Crippen LogP) is 4.03. The van der Waals surface area contributed by atoms with E-state index in [0.717, 1.165) is 31.4 Å². The van der Waals surface area contributed by atoms with E-state index in [4.69, 9.17) is 10.00 Å². The second-order valence-corrected chi connectivity index (χ2v) is 5.92. The molecule has 0 saturated carbocycles. The molecule has 0 aliphatic rings. The van der Waals surface area contributed by atoms with Crippen molar-refractivity contribution in [1.29, 1.82) is 5.26 Å². The first-order chi connectivity index (χ1) is 9.96. The molecule has 21 heavy (non-hydrogen) atoms. The quantitative estimate of drug-likeness (QED) is 0.699. The van der Waals surface area contributed by atoms with Crippen LogP contribution < -0.4 is 10.1 Å². The zero-order chi connectivity index (χ0) is 15.7. The number of hydrogen-bond donors (Lipinski definition) is 1. The second-order valence-electron chi connectivity index (χ2n) is 5.92. The molecular weight excluding hydrogens is 267 g/mol. The highest BCUT2D eigenvalue weighted by Gasteiger charge is 2.15. The summed E-state index contributed by atoms with van der Waals surface area (Å²) in [5, 5.41) is 12.2. The van der Waals surface area contributed by atoms with Crippen LogP contribution in [0, 0.1) is 22.6 Å². The van der Waals surface area contributed by atoms with Crippen LogP contribution in [0.3, 0.4) is 0 Å². The molecule has 1 rings (SSSR count). The van der Waals surface area contributed by atoms with Crippen molar-refractivity contribution in [3.63, 3.8) is 0 Å². The van der Waals surface area contributed by atoms with E-state index in [9.17, 15) is 4.39 Å². The molecule has 0 aliphatic carbocycles. The normalized spacial score (nSPS) is 11.2. The fourth-order valence-electron chi connectivity index (χ4n) is 1.98. The fraction of sp³-hybridized carbons (Fsp3) is 0.588. The molecule has 0 unspecified atom stereocenters. The Morgan fingerprint density at radius 1 is 1.33 bits per heavy atom. The van der Waals surface area contributed by atoms with Gasteiger partial charge in [-0.1, -0.05) is 6.92 Å². The summed E-state index contributed by atoms with van der Waals surface area (Å²) in [6.07, 6.45) is 2.59. The lowest BCUT2D eigenvalue weighted by Crippen LogP contribution is -2.14. The molecule has 1 N–H and O–H groups in total. The first-order valence-corrected chi connectivity index (χ1v) is 7.51. The highest BCUT2D eigenvalue weighted by molar-refractivity contribution is 5.29. The van der Waals surface area contributed by atoms with Crippen LogP contribution in [0.25, 0.3) is 0 Å². The summed E-state index contributed by atoms with van der Waals surface area (Å²) >= 11 is 0. The molecule has 0 fully saturated rings. The molecule has 0 atom stereocenters. The average Bonchev–Trinajstić information content (AvgIpc) is 2.43. The Bertz CT molecular complexity index is 480. The zero-order valence-electron chi connectivity index (χ0n) is 13.2. The van der Waals surface area contributed by atoms with E-state index in [1.54, 1.807) is 0 Å². The Hall–Kier alpha value is -1.60. The summed E-state index contributed by atoms with van der Waals surface area (Å²) in [7, 11) is 0. The van der Waals surface area contributed by atoms with E-state index in [0.29, 0.717) is 18.9 Å². The Morgan fingerprint density at radius 3 is 2.76 bits per heavy atom. The van der Waals surface area contributed by atoms with Gasteiger partial charge in [-0.2, -0.15) is 5.26 Å². The number of nitrogens with one attached hydrogen (secondary N) is 1. The largest absolute Gasteiger partial charge is 0.493 e. The van der Waals surface area contributed by atoms with Crippen LogP contribution in [0.2, 0.25) is 0 Å². The van der Waals surface area contributed by atoms with Gasteiger partial charge in [0, 0.05) is 12.6 Å². The van der Waals surface area contributed by atoms with E-state index >= 15 is 0 Å². The molecule has 0 bridgehead atoms. The van der Waals surface area contributed by atoms with Crippen molar-refractivity contribution in [2.75, 3.05) is 13.2 Å². The molecule has 0 radical (unpaired) electrons. The summed E-state index contributed by atoms with van der Waals surface area (Å²) < 4.78 is 19.1. The van der Waals surface area contributed by atoms with Gasteiger partial charge in [0.1, 0.15) is 11.6 Å². The molecular formula is C17H25FN2O. The highest BCUT2D eigenvalue weighted by atomic mass is 19.1. The molecule has 0 spiro atoms. The molecule has 4 heteroatoms. The van der Waals surface area contributed by atoms with Crippen LogP contribution in [0.5, 0.6) is 5.75 Å². The third-order valence-corrected chi connectivity index (χ3v) is 3.20. The highest BCUT2D eigenvalue weighted by Crippen LogP contribution is 2.21. The number of nitriles is 1. The fourth-order valence-corrected chi connectivity index (χ4v) is 1.98. The number of halogens is 1. The minimum atomic E-state index is -0.333. The SMILES string of the molecule is CCCNCc1cc(F)cc(OCCCC(C)(C)C#N)c1. The number of benzene rings is 1. The van der Waals surface area contributed by atoms with E-state index in [1.807, 2.05) is 19.9 Å². The van der Waals surface area contributed by atoms with Gasteiger partial charge in [0.2, 0.25) is 0 Å². The van der Waals surface area contributed by atoms with Gasteiger partial charge in [0.15, 0.2) is 0 Å². The number of ether oxygens (including phenoxy) is 1. The van der Waals surface area contributed by atoms with Crippen molar-refractivity contribution in [3.05, 3.63) is 29.6 Å². The van der Waals surface area contributed by atoms with Crippen molar-refractivity contribution in [2.45, 2.75) is 46.6 Å². The number of rotatable bonds is 9. The van der Waals surface area contributed by atoms with Crippen LogP contribution in [-0.4, -0.2) is 13.2 Å². The summed E-state index contributed by atoms with van der Waals surface area (Å²) in [5.74, 6) is 0.274. The Labute approximate surface area is 127 Å². The van der Waals surface area contributed by atoms with Crippen LogP contribution >= 0.6 is 0 Å². The van der Waals surface area contributed by atoms with Gasteiger partial charge in [0.05, 0.1) is 18.1 Å². The van der Waals surface area contributed by atoms with Crippen LogP contribution in [0.15, 0.2) is 18.2 Å². The van der Waals surface area contributed by atoms with Crippen LogP contribution in [0.4, 0.5) is 4.39 Å². The third kappa shape index (κ3) is 7.10. The van der Waals surface area contributed by atoms with E-state index in [2.05, 4.69) is 18.3 Å². The second kappa shape index (κ2) is 8.63. The van der Waals surface area contributed by atoms with Gasteiger partial charge in [-0.25, -0.2) is 4.39 Å². The lowest BCUT2D eigenvalue weighted by Gasteiger charge is -2.15. The van der Waals surface area contributed by atoms with Crippen LogP contribution in [-0.2, 0) is 6.54 Å². The van der Waals surface area contributed by atoms with Crippen LogP contribution in [0.1, 0.15) is 45.6 Å². The monoisotopic (exact) mass is 292 g/mol. The summed E-state index contributed by atoms with van der Waals surface area (Å²) in [6.45, 7) is 7.96. The van der Waals surface area contributed by atoms with Gasteiger partial charge in [-0.15, -0.1) is 0 Å². The van der Waals surface area contributed by atoms with Gasteiger partial charge in [-0.3, -0.25) is 0 Å². The molecule has 116 valence electrons. The van der Waals surface area contributed by atoms with Gasteiger partial charge >= 0.3 is 0 Å². The van der Waals surface area contributed by atoms with Gasteiger partial charge in [-0.05, 0) is 57.4 Å². The zero-order valence-corrected chi connectivity index (χ0v) is 13.2. The van der Waals surface area contributed by atoms with Crippen molar-refractivity contribution in [3.8, 4) is 11.8 Å². The maximum absolute atomic E-state index is 13.5. The minimum absolute atomic E-state index is 0.279. The smallest absolute Gasteiger partial charge is 0.127 e. The molecule has 1 aromatic carbocycles. The van der Waals surface area contributed by atoms with Crippen molar-refractivity contribution >= 4 is 0 Å². The first kappa shape index (κ1) is 17.5. The summed E-state index contributed by atoms with van der Waals surface area (Å²) in [5.41, 5.74) is 0.552. The Kier molecular flexibility index (Phi) is 7.18. The lowest BCUT2D eigenvalue weighted by atomic mass is 9.90. The molecule has 0 amide bonds. The number of hydrogen-bond acceptors (Lipinski definition) is 3. The molecule has 0 aromatic heterocycles. The van der Waals surface area contributed by atoms with E-state index < -0.39 is 0 Å². The van der Waals surface area contributed by atoms with E-state index in [1.165, 1.54) is 12.1 Å². The van der Waals surface area contributed by atoms with Crippen molar-refractivity contribution in [2.24, 2.45) is 5.41 Å². The first-order valence-electron chi connectivity index (χ1n) is 7.51. The van der Waals surface area contributed by atoms with Gasteiger partial charge in [0.25, 0.3) is 0 Å². The lowest BCUT2D eigenvalue weighted by molar-refractivity contribution is 0.283. The molecule has 1 aromatic rings. The average molecular weight is 292 g/mol. The Balaban J connectivity index is 2.46. The third-order valence-electron chi connectivity index (χ3n) is 3.20. The van der Waals surface area contributed by atoms with E-state index in [-0.39, 0.29) is 11.2 Å².